The molecule has 3 aromatic heterocycles. The highest BCUT2D eigenvalue weighted by Gasteiger charge is 2.31. The number of nitrogens with zero attached hydrogens (tertiary/aromatic N) is 6. The van der Waals surface area contributed by atoms with Crippen LogP contribution in [0, 0.1) is 12.6 Å². The van der Waals surface area contributed by atoms with Crippen LogP contribution in [0.15, 0.2) is 48.3 Å². The summed E-state index contributed by atoms with van der Waals surface area (Å²) >= 11 is 0. The monoisotopic (exact) mass is 686 g/mol. The highest BCUT2D eigenvalue weighted by molar-refractivity contribution is 7.92. The van der Waals surface area contributed by atoms with Gasteiger partial charge in [-0.15, -0.1) is 6.08 Å². The zero-order chi connectivity index (χ0) is 35.2. The molecule has 12 nitrogen and oxygen atoms in total. The van der Waals surface area contributed by atoms with Gasteiger partial charge in [0, 0.05) is 62.4 Å². The van der Waals surface area contributed by atoms with Crippen LogP contribution < -0.4 is 10.2 Å². The van der Waals surface area contributed by atoms with Crippen molar-refractivity contribution in [1.82, 2.24) is 24.1 Å². The summed E-state index contributed by atoms with van der Waals surface area (Å²) in [7, 11) is 1.37. The highest BCUT2D eigenvalue weighted by Crippen LogP contribution is 2.33. The van der Waals surface area contributed by atoms with E-state index in [-0.39, 0.29) is 30.2 Å². The lowest BCUT2D eigenvalue weighted by atomic mass is 10.0. The Bertz CT molecular complexity index is 2060. The third-order valence-corrected chi connectivity index (χ3v) is 10.7. The Morgan fingerprint density at radius 1 is 1.14 bits per heavy atom. The van der Waals surface area contributed by atoms with E-state index in [4.69, 9.17) is 15.2 Å². The molecule has 0 spiro atoms. The topological polar surface area (TPSA) is 123 Å². The summed E-state index contributed by atoms with van der Waals surface area (Å²) in [4.78, 5) is 48.6. The Labute approximate surface area is 288 Å². The molecule has 1 unspecified atom stereocenters. The van der Waals surface area contributed by atoms with Crippen LogP contribution in [0.5, 0.6) is 0 Å². The number of hydrogen-bond donors (Lipinski definition) is 1. The van der Waals surface area contributed by atoms with Gasteiger partial charge in [0.05, 0.1) is 23.6 Å². The zero-order valence-corrected chi connectivity index (χ0v) is 30.0. The molecule has 0 saturated carbocycles. The first kappa shape index (κ1) is 34.1. The predicted molar refractivity (Wildman–Crippen MR) is 193 cm³/mol. The summed E-state index contributed by atoms with van der Waals surface area (Å²) in [5.74, 6) is -0.904. The second kappa shape index (κ2) is 12.9. The summed E-state index contributed by atoms with van der Waals surface area (Å²) in [5, 5.41) is 10.4. The molecule has 0 bridgehead atoms. The molecular formula is C36H44N7O5S-. The van der Waals surface area contributed by atoms with Gasteiger partial charge in [0.25, 0.3) is 5.91 Å². The van der Waals surface area contributed by atoms with E-state index in [9.17, 15) is 14.4 Å². The Morgan fingerprint density at radius 3 is 2.51 bits per heavy atom. The zero-order valence-electron chi connectivity index (χ0n) is 29.1. The Balaban J connectivity index is 1.21. The first-order valence-corrected chi connectivity index (χ1v) is 17.9. The fourth-order valence-corrected chi connectivity index (χ4v) is 7.31. The molecule has 2 aliphatic heterocycles. The van der Waals surface area contributed by atoms with Gasteiger partial charge >= 0.3 is 12.1 Å². The number of fused-ring (bicyclic) bond motifs is 2. The molecule has 2 aliphatic rings. The van der Waals surface area contributed by atoms with Gasteiger partial charge in [-0.25, -0.2) is 14.6 Å². The highest BCUT2D eigenvalue weighted by atomic mass is 32.2. The van der Waals surface area contributed by atoms with Gasteiger partial charge in [0.15, 0.2) is 5.65 Å². The van der Waals surface area contributed by atoms with Crippen LogP contribution >= 0.6 is 0 Å². The van der Waals surface area contributed by atoms with Gasteiger partial charge < -0.3 is 45.0 Å². The minimum absolute atomic E-state index is 0.0837. The van der Waals surface area contributed by atoms with Crippen LogP contribution in [-0.2, 0) is 26.8 Å². The number of carbonyl (C=O) groups is 3. The maximum Gasteiger partial charge on any atom is 0.410 e. The summed E-state index contributed by atoms with van der Waals surface area (Å²) in [6.45, 7) is 13.6. The fraction of sp³-hybridized carbons (Fsp3) is 0.444. The lowest BCUT2D eigenvalue weighted by Crippen LogP contribution is -2.48. The summed E-state index contributed by atoms with van der Waals surface area (Å²) in [6.07, 6.45) is 8.69. The molecule has 5 heterocycles. The lowest BCUT2D eigenvalue weighted by molar-refractivity contribution is 0.0149. The Kier molecular flexibility index (Phi) is 9.02. The number of hydrogen-bond acceptors (Lipinski definition) is 9. The largest absolute Gasteiger partial charge is 0.463 e. The first-order valence-electron chi connectivity index (χ1n) is 16.5. The van der Waals surface area contributed by atoms with Crippen molar-refractivity contribution in [1.29, 1.82) is 0 Å². The Hall–Kier alpha value is -4.74. The normalized spacial score (nSPS) is 18.4. The van der Waals surface area contributed by atoms with E-state index < -0.39 is 26.6 Å². The SMILES string of the molecule is C#[S-]1C=CC1(C)COC(=O)c1cc(NC(=O)c2ccc(N3CCC(N(CC)C(=O)OC(C)(C)C)CC3)c3cn(C)nc23)cn2cc(C)nc12. The van der Waals surface area contributed by atoms with Gasteiger partial charge in [-0.2, -0.15) is 10.5 Å². The summed E-state index contributed by atoms with van der Waals surface area (Å²) in [6, 6.07) is 5.42. The number of amides is 2. The number of aromatic nitrogens is 4. The van der Waals surface area contributed by atoms with Crippen molar-refractivity contribution in [2.75, 3.05) is 36.5 Å². The molecule has 260 valence electrons. The average Bonchev–Trinajstić information content (AvgIpc) is 3.62. The van der Waals surface area contributed by atoms with E-state index in [2.05, 4.69) is 20.3 Å². The van der Waals surface area contributed by atoms with Crippen molar-refractivity contribution in [3.05, 3.63) is 65.1 Å². The summed E-state index contributed by atoms with van der Waals surface area (Å²) < 4.78 is 14.4. The van der Waals surface area contributed by atoms with Crippen molar-refractivity contribution in [3.8, 4) is 5.69 Å². The van der Waals surface area contributed by atoms with Crippen LogP contribution in [0.2, 0.25) is 0 Å². The van der Waals surface area contributed by atoms with Crippen LogP contribution in [0.1, 0.15) is 73.9 Å². The third-order valence-electron chi connectivity index (χ3n) is 8.97. The van der Waals surface area contributed by atoms with E-state index in [1.54, 1.807) is 33.6 Å². The van der Waals surface area contributed by atoms with Crippen molar-refractivity contribution in [2.24, 2.45) is 7.05 Å². The van der Waals surface area contributed by atoms with E-state index in [1.807, 2.05) is 77.2 Å². The number of benzene rings is 1. The van der Waals surface area contributed by atoms with Gasteiger partial charge in [-0.3, -0.25) is 9.48 Å². The predicted octanol–water partition coefficient (Wildman–Crippen LogP) is 5.66. The van der Waals surface area contributed by atoms with Crippen LogP contribution in [0.4, 0.5) is 16.2 Å². The summed E-state index contributed by atoms with van der Waals surface area (Å²) in [5.41, 5.74) is 9.33. The maximum absolute atomic E-state index is 13.8. The number of anilines is 2. The van der Waals surface area contributed by atoms with Gasteiger partial charge in [0.1, 0.15) is 16.7 Å². The molecule has 2 amide bonds. The molecule has 1 atom stereocenters. The quantitative estimate of drug-likeness (QED) is 0.186. The van der Waals surface area contributed by atoms with E-state index in [1.165, 1.54) is 0 Å². The number of carbonyl (C=O) groups excluding carboxylic acids is 3. The molecule has 1 saturated heterocycles. The molecule has 1 aromatic carbocycles. The fourth-order valence-electron chi connectivity index (χ4n) is 6.36. The number of imidazole rings is 1. The number of ether oxygens (including phenoxy) is 2. The van der Waals surface area contributed by atoms with Crippen molar-refractivity contribution < 1.29 is 23.9 Å². The van der Waals surface area contributed by atoms with Crippen molar-refractivity contribution in [3.63, 3.8) is 0 Å². The minimum atomic E-state index is -0.550. The molecule has 1 N–H and O–H groups in total. The molecule has 13 heteroatoms. The standard InChI is InChI=1S/C36H44N7O5S/c1-9-43(34(46)48-35(3,4)5)25-12-15-41(16-13-25)29-11-10-26(30-28(29)21-40(7)39-30)32(44)38-24-18-27(31-37-23(2)19-42(31)20-24)33(45)47-22-36(6)14-17-49(36)8/h8,10-11,14,17-21,25H,9,12-13,15-16,22H2,1-7H3,(H,38,44)/q-1. The second-order valence-corrected chi connectivity index (χ2v) is 15.9. The second-order valence-electron chi connectivity index (χ2n) is 14.0. The number of piperidine rings is 1. The molecular weight excluding hydrogens is 643 g/mol. The number of esters is 1. The molecule has 49 heavy (non-hydrogen) atoms. The third kappa shape index (κ3) is 6.91. The lowest BCUT2D eigenvalue weighted by Gasteiger charge is -2.45. The van der Waals surface area contributed by atoms with E-state index in [0.717, 1.165) is 42.7 Å². The molecule has 0 aliphatic carbocycles. The van der Waals surface area contributed by atoms with Gasteiger partial charge in [-0.05, 0) is 65.7 Å². The van der Waals surface area contributed by atoms with Crippen LogP contribution in [0.3, 0.4) is 0 Å². The van der Waals surface area contributed by atoms with Crippen LogP contribution in [0.25, 0.3) is 16.6 Å². The molecule has 0 radical (unpaired) electrons. The van der Waals surface area contributed by atoms with Gasteiger partial charge in [-0.1, -0.05) is 11.7 Å². The van der Waals surface area contributed by atoms with Crippen molar-refractivity contribution in [2.45, 2.75) is 70.8 Å². The number of aryl methyl sites for hydroxylation is 2. The van der Waals surface area contributed by atoms with E-state index >= 15 is 0 Å². The minimum Gasteiger partial charge on any atom is -0.463 e. The molecule has 6 rings (SSSR count). The Morgan fingerprint density at radius 2 is 1.88 bits per heavy atom. The maximum atomic E-state index is 13.8. The number of nitrogens with one attached hydrogen (secondary N) is 1. The molecule has 1 fully saturated rings. The number of rotatable bonds is 8. The van der Waals surface area contributed by atoms with Crippen LogP contribution in [-0.4, -0.2) is 84.7 Å². The smallest absolute Gasteiger partial charge is 0.410 e. The average molecular weight is 687 g/mol. The van der Waals surface area contributed by atoms with E-state index in [0.29, 0.717) is 29.0 Å². The number of pyridine rings is 1. The van der Waals surface area contributed by atoms with Crippen molar-refractivity contribution >= 4 is 56.2 Å². The molecule has 4 aromatic rings. The van der Waals surface area contributed by atoms with Gasteiger partial charge in [0.2, 0.25) is 0 Å². The first-order chi connectivity index (χ1) is 23.2.